The predicted octanol–water partition coefficient (Wildman–Crippen LogP) is 5.26. The average molecular weight is 556 g/mol. The number of carbonyl (C=O) groups excluding carboxylic acids is 3. The Hall–Kier alpha value is -3.02. The Balaban J connectivity index is 1.50. The van der Waals surface area contributed by atoms with Crippen LogP contribution >= 0.6 is 34.6 Å². The number of aromatic nitrogens is 2. The van der Waals surface area contributed by atoms with Crippen LogP contribution < -0.4 is 5.32 Å². The molecule has 0 saturated carbocycles. The zero-order chi connectivity index (χ0) is 26.5. The van der Waals surface area contributed by atoms with Crippen molar-refractivity contribution < 1.29 is 14.4 Å². The van der Waals surface area contributed by atoms with Gasteiger partial charge in [0.1, 0.15) is 0 Å². The number of hydrogen-bond acceptors (Lipinski definition) is 8. The molecule has 0 bridgehead atoms. The molecule has 11 heteroatoms. The third-order valence-electron chi connectivity index (χ3n) is 6.28. The molecule has 1 aromatic carbocycles. The van der Waals surface area contributed by atoms with Crippen LogP contribution in [0.4, 0.5) is 5.13 Å². The van der Waals surface area contributed by atoms with Gasteiger partial charge in [0.2, 0.25) is 5.91 Å². The minimum absolute atomic E-state index is 0.0210. The number of anilines is 1. The molecule has 1 N–H and O–H groups in total. The van der Waals surface area contributed by atoms with E-state index in [1.54, 1.807) is 11.6 Å². The van der Waals surface area contributed by atoms with Gasteiger partial charge in [-0.05, 0) is 61.5 Å². The second-order valence-electron chi connectivity index (χ2n) is 8.79. The monoisotopic (exact) mass is 555 g/mol. The van der Waals surface area contributed by atoms with E-state index in [1.165, 1.54) is 46.9 Å². The summed E-state index contributed by atoms with van der Waals surface area (Å²) in [4.78, 5) is 47.3. The van der Waals surface area contributed by atoms with Gasteiger partial charge in [0.25, 0.3) is 11.8 Å². The molecule has 1 aliphatic rings. The highest BCUT2D eigenvalue weighted by Gasteiger charge is 2.29. The van der Waals surface area contributed by atoms with Crippen molar-refractivity contribution in [2.24, 2.45) is 0 Å². The van der Waals surface area contributed by atoms with Crippen LogP contribution in [0.5, 0.6) is 0 Å². The predicted molar refractivity (Wildman–Crippen MR) is 149 cm³/mol. The van der Waals surface area contributed by atoms with Crippen LogP contribution in [-0.2, 0) is 4.79 Å². The number of aryl methyl sites for hydroxylation is 2. The van der Waals surface area contributed by atoms with Crippen LogP contribution in [0.15, 0.2) is 51.7 Å². The SMILES string of the molecule is C=CC(=O)N1CCCN(C(=O)c2cc(Sc3cnc(NC(=O)c4cnsc4)s3)c(C)cc2C)CC1CC. The first-order valence-corrected chi connectivity index (χ1v) is 14.5. The topological polar surface area (TPSA) is 95.5 Å². The lowest BCUT2D eigenvalue weighted by molar-refractivity contribution is -0.128. The van der Waals surface area contributed by atoms with Gasteiger partial charge in [0.15, 0.2) is 5.13 Å². The van der Waals surface area contributed by atoms with Crippen LogP contribution in [0.1, 0.15) is 51.6 Å². The third-order valence-corrected chi connectivity index (χ3v) is 9.04. The molecule has 3 amide bonds. The first-order chi connectivity index (χ1) is 17.8. The van der Waals surface area contributed by atoms with Gasteiger partial charge < -0.3 is 9.80 Å². The van der Waals surface area contributed by atoms with E-state index in [2.05, 4.69) is 21.3 Å². The van der Waals surface area contributed by atoms with Crippen LogP contribution in [0, 0.1) is 13.8 Å². The molecule has 1 atom stereocenters. The molecule has 1 saturated heterocycles. The molecule has 0 aliphatic carbocycles. The summed E-state index contributed by atoms with van der Waals surface area (Å²) < 4.78 is 4.86. The highest BCUT2D eigenvalue weighted by atomic mass is 32.2. The normalized spacial score (nSPS) is 15.8. The fraction of sp³-hybridized carbons (Fsp3) is 0.346. The first-order valence-electron chi connectivity index (χ1n) is 12.0. The molecule has 0 radical (unpaired) electrons. The van der Waals surface area contributed by atoms with Gasteiger partial charge in [0, 0.05) is 41.5 Å². The first kappa shape index (κ1) is 27.0. The smallest absolute Gasteiger partial charge is 0.259 e. The third kappa shape index (κ3) is 6.28. The molecule has 8 nitrogen and oxygen atoms in total. The summed E-state index contributed by atoms with van der Waals surface area (Å²) in [6.45, 7) is 11.4. The molecule has 4 rings (SSSR count). The summed E-state index contributed by atoms with van der Waals surface area (Å²) in [5.74, 6) is -0.346. The van der Waals surface area contributed by atoms with Crippen molar-refractivity contribution >= 4 is 57.5 Å². The fourth-order valence-electron chi connectivity index (χ4n) is 4.30. The summed E-state index contributed by atoms with van der Waals surface area (Å²) in [5.41, 5.74) is 3.15. The maximum Gasteiger partial charge on any atom is 0.259 e. The second kappa shape index (κ2) is 12.0. The van der Waals surface area contributed by atoms with Gasteiger partial charge in [-0.3, -0.25) is 19.7 Å². The lowest BCUT2D eigenvalue weighted by atomic mass is 10.0. The highest BCUT2D eigenvalue weighted by molar-refractivity contribution is 8.01. The molecule has 194 valence electrons. The number of thiazole rings is 1. The van der Waals surface area contributed by atoms with Gasteiger partial charge in [-0.2, -0.15) is 0 Å². The Labute approximate surface area is 228 Å². The molecule has 0 spiro atoms. The number of carbonyl (C=O) groups is 3. The Kier molecular flexibility index (Phi) is 8.78. The van der Waals surface area contributed by atoms with E-state index in [-0.39, 0.29) is 23.8 Å². The summed E-state index contributed by atoms with van der Waals surface area (Å²) >= 11 is 4.13. The molecule has 2 aromatic heterocycles. The van der Waals surface area contributed by atoms with E-state index in [4.69, 9.17) is 0 Å². The Morgan fingerprint density at radius 3 is 2.73 bits per heavy atom. The standard InChI is InChI=1S/C26H29N5O3S3/c1-5-19-14-30(8-7-9-31(19)22(32)6-2)25(34)20-11-21(17(4)10-16(20)3)36-23-13-27-26(37-23)29-24(33)18-12-28-35-15-18/h6,10-13,15,19H,2,5,7-9,14H2,1,3-4H3,(H,27,29,33). The number of nitrogens with one attached hydrogen (secondary N) is 1. The van der Waals surface area contributed by atoms with Gasteiger partial charge >= 0.3 is 0 Å². The highest BCUT2D eigenvalue weighted by Crippen LogP contribution is 2.37. The number of amides is 3. The van der Waals surface area contributed by atoms with Crippen molar-refractivity contribution in [3.8, 4) is 0 Å². The summed E-state index contributed by atoms with van der Waals surface area (Å²) in [6.07, 6.45) is 6.10. The van der Waals surface area contributed by atoms with Crippen molar-refractivity contribution in [1.82, 2.24) is 19.2 Å². The largest absolute Gasteiger partial charge is 0.337 e. The van der Waals surface area contributed by atoms with Crippen molar-refractivity contribution in [1.29, 1.82) is 0 Å². The van der Waals surface area contributed by atoms with E-state index < -0.39 is 0 Å². The Morgan fingerprint density at radius 2 is 2.03 bits per heavy atom. The van der Waals surface area contributed by atoms with E-state index in [9.17, 15) is 14.4 Å². The number of rotatable bonds is 7. The zero-order valence-corrected chi connectivity index (χ0v) is 23.5. The summed E-state index contributed by atoms with van der Waals surface area (Å²) in [6, 6.07) is 3.95. The van der Waals surface area contributed by atoms with Gasteiger partial charge in [-0.1, -0.05) is 42.7 Å². The Morgan fingerprint density at radius 1 is 1.22 bits per heavy atom. The molecule has 3 aromatic rings. The lowest BCUT2D eigenvalue weighted by Crippen LogP contribution is -2.44. The minimum atomic E-state index is -0.241. The number of hydrogen-bond donors (Lipinski definition) is 1. The molecule has 1 aliphatic heterocycles. The molecular weight excluding hydrogens is 527 g/mol. The van der Waals surface area contributed by atoms with Crippen LogP contribution in [0.3, 0.4) is 0 Å². The maximum absolute atomic E-state index is 13.7. The van der Waals surface area contributed by atoms with Crippen molar-refractivity contribution in [2.45, 2.75) is 48.8 Å². The average Bonchev–Trinajstić information content (AvgIpc) is 3.53. The second-order valence-corrected chi connectivity index (χ2v) is 11.8. The Bertz CT molecular complexity index is 1300. The fourth-order valence-corrected chi connectivity index (χ4v) is 6.76. The molecule has 1 fully saturated rings. The molecule has 37 heavy (non-hydrogen) atoms. The van der Waals surface area contributed by atoms with Crippen molar-refractivity contribution in [3.05, 3.63) is 64.8 Å². The lowest BCUT2D eigenvalue weighted by Gasteiger charge is -2.30. The molecule has 1 unspecified atom stereocenters. The van der Waals surface area contributed by atoms with E-state index in [0.717, 1.165) is 33.1 Å². The van der Waals surface area contributed by atoms with Crippen LogP contribution in [0.2, 0.25) is 0 Å². The summed E-state index contributed by atoms with van der Waals surface area (Å²) in [7, 11) is 0. The van der Waals surface area contributed by atoms with Gasteiger partial charge in [-0.15, -0.1) is 0 Å². The van der Waals surface area contributed by atoms with E-state index in [0.29, 0.717) is 35.9 Å². The van der Waals surface area contributed by atoms with E-state index >= 15 is 0 Å². The van der Waals surface area contributed by atoms with E-state index in [1.807, 2.05) is 42.7 Å². The van der Waals surface area contributed by atoms with Gasteiger partial charge in [0.05, 0.1) is 22.2 Å². The minimum Gasteiger partial charge on any atom is -0.337 e. The molecular formula is C26H29N5O3S3. The van der Waals surface area contributed by atoms with Crippen LogP contribution in [0.25, 0.3) is 0 Å². The zero-order valence-electron chi connectivity index (χ0n) is 21.0. The van der Waals surface area contributed by atoms with Crippen LogP contribution in [-0.4, -0.2) is 62.6 Å². The van der Waals surface area contributed by atoms with Crippen molar-refractivity contribution in [3.63, 3.8) is 0 Å². The summed E-state index contributed by atoms with van der Waals surface area (Å²) in [5, 5.41) is 5.00. The number of nitrogens with zero attached hydrogens (tertiary/aromatic N) is 4. The van der Waals surface area contributed by atoms with Gasteiger partial charge in [-0.25, -0.2) is 9.36 Å². The molecule has 3 heterocycles. The quantitative estimate of drug-likeness (QED) is 0.400. The maximum atomic E-state index is 13.7. The van der Waals surface area contributed by atoms with Crippen molar-refractivity contribution in [2.75, 3.05) is 25.0 Å². The number of benzene rings is 1.